The maximum Gasteiger partial charge on any atom is 0.253 e. The molecule has 2 rings (SSSR count). The molecule has 0 bridgehead atoms. The molecule has 0 unspecified atom stereocenters. The maximum absolute atomic E-state index is 12.4. The molecule has 0 aromatic heterocycles. The van der Waals surface area contributed by atoms with E-state index in [4.69, 9.17) is 28.3 Å². The molecule has 0 fully saturated rings. The molecular weight excluding hydrogens is 359 g/mol. The molecule has 2 N–H and O–H groups in total. The molecule has 0 saturated carbocycles. The average molecular weight is 373 g/mol. The standard InChI is InChI=1S/C15H14Cl2N2O3S/c1-19(9-11-2-5-12(16)8-14(11)17)15(20)10-3-6-13(7-4-10)23(18,21)22/h2-8H,9H2,1H3,(H2,18,21,22). The van der Waals surface area contributed by atoms with Gasteiger partial charge in [0.2, 0.25) is 10.0 Å². The van der Waals surface area contributed by atoms with Crippen molar-refractivity contribution in [2.75, 3.05) is 7.05 Å². The van der Waals surface area contributed by atoms with Gasteiger partial charge in [-0.25, -0.2) is 13.6 Å². The van der Waals surface area contributed by atoms with Crippen LogP contribution in [0.2, 0.25) is 10.0 Å². The molecule has 0 heterocycles. The summed E-state index contributed by atoms with van der Waals surface area (Å²) in [5.41, 5.74) is 1.11. The topological polar surface area (TPSA) is 80.5 Å². The number of sulfonamides is 1. The van der Waals surface area contributed by atoms with Gasteiger partial charge in [0.05, 0.1) is 4.90 Å². The van der Waals surface area contributed by atoms with Crippen LogP contribution in [-0.4, -0.2) is 26.3 Å². The number of halogens is 2. The van der Waals surface area contributed by atoms with Crippen molar-refractivity contribution < 1.29 is 13.2 Å². The molecule has 1 amide bonds. The van der Waals surface area contributed by atoms with Crippen LogP contribution in [0.5, 0.6) is 0 Å². The van der Waals surface area contributed by atoms with Crippen molar-refractivity contribution >= 4 is 39.1 Å². The van der Waals surface area contributed by atoms with Crippen molar-refractivity contribution in [2.24, 2.45) is 5.14 Å². The third-order valence-corrected chi connectivity index (χ3v) is 4.72. The minimum absolute atomic E-state index is 0.0440. The minimum atomic E-state index is -3.78. The average Bonchev–Trinajstić information content (AvgIpc) is 2.48. The number of hydrogen-bond acceptors (Lipinski definition) is 3. The van der Waals surface area contributed by atoms with Crippen molar-refractivity contribution in [3.8, 4) is 0 Å². The van der Waals surface area contributed by atoms with Gasteiger partial charge in [-0.05, 0) is 42.0 Å². The Hall–Kier alpha value is -1.60. The summed E-state index contributed by atoms with van der Waals surface area (Å²) in [4.78, 5) is 13.8. The number of benzene rings is 2. The van der Waals surface area contributed by atoms with Gasteiger partial charge in [0.15, 0.2) is 0 Å². The predicted molar refractivity (Wildman–Crippen MR) is 90.1 cm³/mol. The van der Waals surface area contributed by atoms with Gasteiger partial charge >= 0.3 is 0 Å². The Labute approximate surface area is 144 Å². The van der Waals surface area contributed by atoms with E-state index < -0.39 is 10.0 Å². The fraction of sp³-hybridized carbons (Fsp3) is 0.133. The van der Waals surface area contributed by atoms with Gasteiger partial charge in [-0.1, -0.05) is 29.3 Å². The van der Waals surface area contributed by atoms with E-state index in [1.807, 2.05) is 0 Å². The van der Waals surface area contributed by atoms with E-state index in [-0.39, 0.29) is 10.8 Å². The molecule has 2 aromatic carbocycles. The first-order valence-electron chi connectivity index (χ1n) is 6.51. The Bertz CT molecular complexity index is 836. The summed E-state index contributed by atoms with van der Waals surface area (Å²) in [7, 11) is -2.15. The van der Waals surface area contributed by atoms with Crippen LogP contribution in [0.1, 0.15) is 15.9 Å². The van der Waals surface area contributed by atoms with E-state index in [2.05, 4.69) is 0 Å². The van der Waals surface area contributed by atoms with Crippen molar-refractivity contribution in [1.29, 1.82) is 0 Å². The summed E-state index contributed by atoms with van der Waals surface area (Å²) in [6.45, 7) is 0.297. The van der Waals surface area contributed by atoms with Crippen LogP contribution in [-0.2, 0) is 16.6 Å². The van der Waals surface area contributed by atoms with Crippen LogP contribution in [0.15, 0.2) is 47.4 Å². The van der Waals surface area contributed by atoms with Gasteiger partial charge in [0.1, 0.15) is 0 Å². The molecule has 23 heavy (non-hydrogen) atoms. The highest BCUT2D eigenvalue weighted by molar-refractivity contribution is 7.89. The number of primary sulfonamides is 1. The molecule has 0 aliphatic carbocycles. The van der Waals surface area contributed by atoms with Gasteiger partial charge in [0, 0.05) is 29.2 Å². The third kappa shape index (κ3) is 4.45. The molecule has 8 heteroatoms. The fourth-order valence-corrected chi connectivity index (χ4v) is 2.97. The van der Waals surface area contributed by atoms with Crippen LogP contribution in [0, 0.1) is 0 Å². The lowest BCUT2D eigenvalue weighted by atomic mass is 10.1. The number of amides is 1. The number of carbonyl (C=O) groups excluding carboxylic acids is 1. The lowest BCUT2D eigenvalue weighted by Gasteiger charge is -2.18. The highest BCUT2D eigenvalue weighted by Crippen LogP contribution is 2.22. The smallest absolute Gasteiger partial charge is 0.253 e. The minimum Gasteiger partial charge on any atom is -0.337 e. The lowest BCUT2D eigenvalue weighted by molar-refractivity contribution is 0.0785. The van der Waals surface area contributed by atoms with E-state index in [0.717, 1.165) is 5.56 Å². The van der Waals surface area contributed by atoms with E-state index in [1.165, 1.54) is 29.2 Å². The van der Waals surface area contributed by atoms with Crippen LogP contribution in [0.4, 0.5) is 0 Å². The maximum atomic E-state index is 12.4. The lowest BCUT2D eigenvalue weighted by Crippen LogP contribution is -2.26. The van der Waals surface area contributed by atoms with Gasteiger partial charge in [-0.2, -0.15) is 0 Å². The monoisotopic (exact) mass is 372 g/mol. The summed E-state index contributed by atoms with van der Waals surface area (Å²) in [6, 6.07) is 10.5. The van der Waals surface area contributed by atoms with E-state index >= 15 is 0 Å². The molecule has 122 valence electrons. The van der Waals surface area contributed by atoms with Gasteiger partial charge < -0.3 is 4.90 Å². The van der Waals surface area contributed by atoms with Crippen LogP contribution >= 0.6 is 23.2 Å². The van der Waals surface area contributed by atoms with E-state index in [0.29, 0.717) is 22.2 Å². The highest BCUT2D eigenvalue weighted by atomic mass is 35.5. The fourth-order valence-electron chi connectivity index (χ4n) is 1.98. The Kier molecular flexibility index (Phi) is 5.31. The second kappa shape index (κ2) is 6.88. The number of rotatable bonds is 4. The van der Waals surface area contributed by atoms with Crippen LogP contribution < -0.4 is 5.14 Å². The zero-order valence-corrected chi connectivity index (χ0v) is 14.5. The van der Waals surface area contributed by atoms with Crippen molar-refractivity contribution in [3.63, 3.8) is 0 Å². The van der Waals surface area contributed by atoms with E-state index in [1.54, 1.807) is 25.2 Å². The predicted octanol–water partition coefficient (Wildman–Crippen LogP) is 2.91. The molecule has 0 aliphatic rings. The van der Waals surface area contributed by atoms with Crippen molar-refractivity contribution in [2.45, 2.75) is 11.4 Å². The molecule has 0 aliphatic heterocycles. The van der Waals surface area contributed by atoms with Crippen LogP contribution in [0.25, 0.3) is 0 Å². The van der Waals surface area contributed by atoms with Gasteiger partial charge in [-0.15, -0.1) is 0 Å². The largest absolute Gasteiger partial charge is 0.337 e. The summed E-state index contributed by atoms with van der Waals surface area (Å²) in [6.07, 6.45) is 0. The molecule has 0 spiro atoms. The normalized spacial score (nSPS) is 11.3. The Morgan fingerprint density at radius 2 is 1.74 bits per heavy atom. The summed E-state index contributed by atoms with van der Waals surface area (Å²) in [5, 5.41) is 6.02. The van der Waals surface area contributed by atoms with Gasteiger partial charge in [-0.3, -0.25) is 4.79 Å². The van der Waals surface area contributed by atoms with E-state index in [9.17, 15) is 13.2 Å². The summed E-state index contributed by atoms with van der Waals surface area (Å²) >= 11 is 11.9. The first-order chi connectivity index (χ1) is 10.7. The van der Waals surface area contributed by atoms with Crippen molar-refractivity contribution in [3.05, 3.63) is 63.6 Å². The molecule has 0 atom stereocenters. The number of nitrogens with zero attached hydrogens (tertiary/aromatic N) is 1. The zero-order chi connectivity index (χ0) is 17.2. The highest BCUT2D eigenvalue weighted by Gasteiger charge is 2.15. The Morgan fingerprint density at radius 1 is 1.13 bits per heavy atom. The first kappa shape index (κ1) is 17.7. The third-order valence-electron chi connectivity index (χ3n) is 3.20. The van der Waals surface area contributed by atoms with Crippen molar-refractivity contribution in [1.82, 2.24) is 4.90 Å². The Balaban J connectivity index is 2.16. The molecule has 0 saturated heterocycles. The number of nitrogens with two attached hydrogens (primary N) is 1. The SMILES string of the molecule is CN(Cc1ccc(Cl)cc1Cl)C(=O)c1ccc(S(N)(=O)=O)cc1. The van der Waals surface area contributed by atoms with Crippen LogP contribution in [0.3, 0.4) is 0 Å². The quantitative estimate of drug-likeness (QED) is 0.895. The van der Waals surface area contributed by atoms with Gasteiger partial charge in [0.25, 0.3) is 5.91 Å². The second-order valence-corrected chi connectivity index (χ2v) is 7.37. The second-order valence-electron chi connectivity index (χ2n) is 4.97. The first-order valence-corrected chi connectivity index (χ1v) is 8.81. The number of carbonyl (C=O) groups is 1. The summed E-state index contributed by atoms with van der Waals surface area (Å²) < 4.78 is 22.4. The summed E-state index contributed by atoms with van der Waals surface area (Å²) in [5.74, 6) is -0.267. The number of hydrogen-bond donors (Lipinski definition) is 1. The molecular formula is C15H14Cl2N2O3S. The molecule has 0 radical (unpaired) electrons. The molecule has 5 nitrogen and oxygen atoms in total. The molecule has 2 aromatic rings. The zero-order valence-electron chi connectivity index (χ0n) is 12.2. The Morgan fingerprint density at radius 3 is 2.26 bits per heavy atom.